The predicted molar refractivity (Wildman–Crippen MR) is 69.0 cm³/mol. The van der Waals surface area contributed by atoms with Crippen LogP contribution in [0.3, 0.4) is 0 Å². The molecule has 0 saturated carbocycles. The summed E-state index contributed by atoms with van der Waals surface area (Å²) in [5, 5.41) is 4.25. The molecule has 4 heteroatoms. The Morgan fingerprint density at radius 3 is 2.76 bits per heavy atom. The molecule has 1 N–H and O–H groups in total. The van der Waals surface area contributed by atoms with Crippen LogP contribution in [0.25, 0.3) is 0 Å². The standard InChI is InChI=1S/C13H14N4/c1-10-6-5-8-13(15-10)17-16-11(2)12-7-3-4-9-14-12/h3-9H,1-2H3,(H,15,17)/b16-11+. The molecule has 0 spiro atoms. The number of rotatable bonds is 3. The molecule has 0 unspecified atom stereocenters. The minimum Gasteiger partial charge on any atom is -0.261 e. The zero-order valence-corrected chi connectivity index (χ0v) is 9.88. The molecule has 0 aromatic carbocycles. The lowest BCUT2D eigenvalue weighted by atomic mass is 10.3. The zero-order valence-electron chi connectivity index (χ0n) is 9.88. The number of aryl methyl sites for hydroxylation is 1. The molecule has 2 aromatic heterocycles. The van der Waals surface area contributed by atoms with Gasteiger partial charge in [0.15, 0.2) is 0 Å². The third-order valence-corrected chi connectivity index (χ3v) is 2.26. The molecule has 86 valence electrons. The van der Waals surface area contributed by atoms with Crippen LogP contribution in [-0.4, -0.2) is 15.7 Å². The van der Waals surface area contributed by atoms with E-state index in [4.69, 9.17) is 0 Å². The average molecular weight is 226 g/mol. The third-order valence-electron chi connectivity index (χ3n) is 2.26. The molecule has 0 radical (unpaired) electrons. The second-order valence-electron chi connectivity index (χ2n) is 3.69. The van der Waals surface area contributed by atoms with Gasteiger partial charge in [-0.1, -0.05) is 12.1 Å². The van der Waals surface area contributed by atoms with E-state index in [0.717, 1.165) is 22.9 Å². The molecule has 0 bridgehead atoms. The summed E-state index contributed by atoms with van der Waals surface area (Å²) in [7, 11) is 0. The maximum atomic E-state index is 4.30. The Morgan fingerprint density at radius 1 is 1.18 bits per heavy atom. The normalized spacial score (nSPS) is 11.3. The number of hydrogen-bond donors (Lipinski definition) is 1. The fourth-order valence-electron chi connectivity index (χ4n) is 1.38. The number of hydrogen-bond acceptors (Lipinski definition) is 4. The van der Waals surface area contributed by atoms with Gasteiger partial charge in [0, 0.05) is 11.9 Å². The third kappa shape index (κ3) is 3.11. The van der Waals surface area contributed by atoms with Crippen LogP contribution in [0, 0.1) is 6.92 Å². The summed E-state index contributed by atoms with van der Waals surface area (Å²) in [5.74, 6) is 0.736. The first-order valence-corrected chi connectivity index (χ1v) is 5.41. The second kappa shape index (κ2) is 5.21. The van der Waals surface area contributed by atoms with Crippen LogP contribution in [0.15, 0.2) is 47.7 Å². The van der Waals surface area contributed by atoms with E-state index in [9.17, 15) is 0 Å². The number of nitrogens with one attached hydrogen (secondary N) is 1. The summed E-state index contributed by atoms with van der Waals surface area (Å²) in [5.41, 5.74) is 5.56. The monoisotopic (exact) mass is 226 g/mol. The molecule has 0 aliphatic rings. The van der Waals surface area contributed by atoms with Gasteiger partial charge in [-0.25, -0.2) is 4.98 Å². The first kappa shape index (κ1) is 11.3. The average Bonchev–Trinajstić information content (AvgIpc) is 2.37. The van der Waals surface area contributed by atoms with Gasteiger partial charge in [-0.15, -0.1) is 0 Å². The second-order valence-corrected chi connectivity index (χ2v) is 3.69. The van der Waals surface area contributed by atoms with Gasteiger partial charge in [0.25, 0.3) is 0 Å². The molecular formula is C13H14N4. The van der Waals surface area contributed by atoms with Gasteiger partial charge in [0.05, 0.1) is 11.4 Å². The highest BCUT2D eigenvalue weighted by molar-refractivity contribution is 5.97. The minimum absolute atomic E-state index is 0.736. The molecular weight excluding hydrogens is 212 g/mol. The number of nitrogens with zero attached hydrogens (tertiary/aromatic N) is 3. The number of aromatic nitrogens is 2. The van der Waals surface area contributed by atoms with Gasteiger partial charge >= 0.3 is 0 Å². The summed E-state index contributed by atoms with van der Waals surface area (Å²) < 4.78 is 0. The Morgan fingerprint density at radius 2 is 2.06 bits per heavy atom. The Labute approximate surface area is 100 Å². The molecule has 0 amide bonds. The van der Waals surface area contributed by atoms with Crippen molar-refractivity contribution < 1.29 is 0 Å². The van der Waals surface area contributed by atoms with Gasteiger partial charge in [-0.3, -0.25) is 10.4 Å². The Hall–Kier alpha value is -2.23. The number of hydrazone groups is 1. The highest BCUT2D eigenvalue weighted by atomic mass is 15.3. The van der Waals surface area contributed by atoms with Gasteiger partial charge in [-0.2, -0.15) is 5.10 Å². The number of pyridine rings is 2. The quantitative estimate of drug-likeness (QED) is 0.646. The van der Waals surface area contributed by atoms with Crippen molar-refractivity contribution >= 4 is 11.5 Å². The van der Waals surface area contributed by atoms with Crippen LogP contribution < -0.4 is 5.43 Å². The van der Waals surface area contributed by atoms with E-state index in [2.05, 4.69) is 20.5 Å². The lowest BCUT2D eigenvalue weighted by Crippen LogP contribution is -2.02. The molecule has 17 heavy (non-hydrogen) atoms. The van der Waals surface area contributed by atoms with Crippen molar-refractivity contribution in [2.75, 3.05) is 5.43 Å². The van der Waals surface area contributed by atoms with Gasteiger partial charge in [-0.05, 0) is 38.1 Å². The smallest absolute Gasteiger partial charge is 0.146 e. The molecule has 2 aromatic rings. The van der Waals surface area contributed by atoms with Crippen LogP contribution in [0.5, 0.6) is 0 Å². The lowest BCUT2D eigenvalue weighted by Gasteiger charge is -2.02. The van der Waals surface area contributed by atoms with E-state index in [1.54, 1.807) is 6.20 Å². The van der Waals surface area contributed by atoms with Crippen LogP contribution in [-0.2, 0) is 0 Å². The van der Waals surface area contributed by atoms with Crippen molar-refractivity contribution in [2.45, 2.75) is 13.8 Å². The van der Waals surface area contributed by atoms with E-state index >= 15 is 0 Å². The van der Waals surface area contributed by atoms with Gasteiger partial charge in [0.1, 0.15) is 5.82 Å². The van der Waals surface area contributed by atoms with Crippen molar-refractivity contribution in [3.05, 3.63) is 54.0 Å². The Bertz CT molecular complexity index is 520. The van der Waals surface area contributed by atoms with E-state index < -0.39 is 0 Å². The molecule has 0 fully saturated rings. The summed E-state index contributed by atoms with van der Waals surface area (Å²) >= 11 is 0. The van der Waals surface area contributed by atoms with Gasteiger partial charge < -0.3 is 0 Å². The topological polar surface area (TPSA) is 50.2 Å². The van der Waals surface area contributed by atoms with Crippen molar-refractivity contribution in [1.82, 2.24) is 9.97 Å². The minimum atomic E-state index is 0.736. The Kier molecular flexibility index (Phi) is 3.45. The molecule has 4 nitrogen and oxygen atoms in total. The largest absolute Gasteiger partial charge is 0.261 e. The van der Waals surface area contributed by atoms with Crippen LogP contribution in [0.1, 0.15) is 18.3 Å². The first-order chi connectivity index (χ1) is 8.25. The van der Waals surface area contributed by atoms with Gasteiger partial charge in [0.2, 0.25) is 0 Å². The van der Waals surface area contributed by atoms with Crippen LogP contribution in [0.4, 0.5) is 5.82 Å². The van der Waals surface area contributed by atoms with Crippen molar-refractivity contribution in [2.24, 2.45) is 5.10 Å². The summed E-state index contributed by atoms with van der Waals surface area (Å²) in [6, 6.07) is 11.5. The summed E-state index contributed by atoms with van der Waals surface area (Å²) in [6.07, 6.45) is 1.75. The number of anilines is 1. The van der Waals surface area contributed by atoms with E-state index in [1.807, 2.05) is 50.2 Å². The highest BCUT2D eigenvalue weighted by Crippen LogP contribution is 2.04. The van der Waals surface area contributed by atoms with E-state index in [0.29, 0.717) is 0 Å². The molecule has 2 heterocycles. The van der Waals surface area contributed by atoms with Crippen LogP contribution >= 0.6 is 0 Å². The summed E-state index contributed by atoms with van der Waals surface area (Å²) in [4.78, 5) is 8.52. The fraction of sp³-hybridized carbons (Fsp3) is 0.154. The molecule has 2 rings (SSSR count). The molecule has 0 atom stereocenters. The molecule has 0 aliphatic heterocycles. The zero-order chi connectivity index (χ0) is 12.1. The Balaban J connectivity index is 2.11. The van der Waals surface area contributed by atoms with Crippen molar-refractivity contribution in [3.63, 3.8) is 0 Å². The first-order valence-electron chi connectivity index (χ1n) is 5.41. The fourth-order valence-corrected chi connectivity index (χ4v) is 1.38. The maximum Gasteiger partial charge on any atom is 0.146 e. The van der Waals surface area contributed by atoms with Crippen LogP contribution in [0.2, 0.25) is 0 Å². The highest BCUT2D eigenvalue weighted by Gasteiger charge is 1.97. The molecule has 0 saturated heterocycles. The maximum absolute atomic E-state index is 4.30. The molecule has 0 aliphatic carbocycles. The predicted octanol–water partition coefficient (Wildman–Crippen LogP) is 2.62. The summed E-state index contributed by atoms with van der Waals surface area (Å²) in [6.45, 7) is 3.85. The SMILES string of the molecule is C/C(=N\Nc1cccc(C)n1)c1ccccn1. The van der Waals surface area contributed by atoms with Crippen molar-refractivity contribution in [3.8, 4) is 0 Å². The van der Waals surface area contributed by atoms with E-state index in [-0.39, 0.29) is 0 Å². The van der Waals surface area contributed by atoms with Crippen molar-refractivity contribution in [1.29, 1.82) is 0 Å². The van der Waals surface area contributed by atoms with E-state index in [1.165, 1.54) is 0 Å². The lowest BCUT2D eigenvalue weighted by molar-refractivity contribution is 1.15.